The average Bonchev–Trinajstić information content (AvgIpc) is 2.87. The summed E-state index contributed by atoms with van der Waals surface area (Å²) >= 11 is 0. The molecule has 6 heteroatoms. The molecule has 20 heavy (non-hydrogen) atoms. The maximum Gasteiger partial charge on any atom is 0.289 e. The third-order valence-corrected chi connectivity index (χ3v) is 5.16. The van der Waals surface area contributed by atoms with E-state index in [1.807, 2.05) is 13.8 Å². The molecule has 1 heterocycles. The van der Waals surface area contributed by atoms with Gasteiger partial charge in [-0.05, 0) is 26.0 Å². The van der Waals surface area contributed by atoms with E-state index in [9.17, 15) is 13.2 Å². The fourth-order valence-corrected chi connectivity index (χ4v) is 3.21. The molecule has 0 saturated carbocycles. The summed E-state index contributed by atoms with van der Waals surface area (Å²) in [5.74, 6) is 0.822. The van der Waals surface area contributed by atoms with Crippen LogP contribution in [0.15, 0.2) is 16.5 Å². The first-order chi connectivity index (χ1) is 9.34. The van der Waals surface area contributed by atoms with Crippen molar-refractivity contribution in [1.29, 1.82) is 0 Å². The lowest BCUT2D eigenvalue weighted by molar-refractivity contribution is 0.0684. The van der Waals surface area contributed by atoms with Gasteiger partial charge in [0.15, 0.2) is 15.6 Å². The minimum absolute atomic E-state index is 0.0234. The first-order valence-corrected chi connectivity index (χ1v) is 8.76. The number of hydrogen-bond acceptors (Lipinski definition) is 4. The zero-order valence-electron chi connectivity index (χ0n) is 12.5. The second-order valence-electron chi connectivity index (χ2n) is 4.76. The average molecular weight is 301 g/mol. The van der Waals surface area contributed by atoms with Crippen LogP contribution < -0.4 is 0 Å². The van der Waals surface area contributed by atoms with Gasteiger partial charge in [0.2, 0.25) is 0 Å². The van der Waals surface area contributed by atoms with Gasteiger partial charge in [0, 0.05) is 24.8 Å². The van der Waals surface area contributed by atoms with Crippen molar-refractivity contribution in [2.24, 2.45) is 0 Å². The maximum absolute atomic E-state index is 12.4. The Morgan fingerprint density at radius 2 is 1.95 bits per heavy atom. The molecule has 0 aliphatic rings. The summed E-state index contributed by atoms with van der Waals surface area (Å²) in [6.45, 7) is 7.58. The van der Waals surface area contributed by atoms with Crippen LogP contribution in [0.5, 0.6) is 0 Å². The molecule has 1 unspecified atom stereocenters. The molecule has 1 amide bonds. The Hall–Kier alpha value is -1.30. The van der Waals surface area contributed by atoms with E-state index in [2.05, 4.69) is 0 Å². The smallest absolute Gasteiger partial charge is 0.289 e. The number of sulfone groups is 1. The summed E-state index contributed by atoms with van der Waals surface area (Å²) < 4.78 is 28.8. The van der Waals surface area contributed by atoms with Crippen LogP contribution in [0.25, 0.3) is 0 Å². The molecule has 0 radical (unpaired) electrons. The van der Waals surface area contributed by atoms with E-state index in [0.29, 0.717) is 6.54 Å². The summed E-state index contributed by atoms with van der Waals surface area (Å²) in [4.78, 5) is 13.9. The van der Waals surface area contributed by atoms with Crippen molar-refractivity contribution in [2.75, 3.05) is 18.1 Å². The van der Waals surface area contributed by atoms with Gasteiger partial charge in [-0.1, -0.05) is 13.8 Å². The van der Waals surface area contributed by atoms with E-state index in [4.69, 9.17) is 4.42 Å². The van der Waals surface area contributed by atoms with Crippen LogP contribution in [0, 0.1) is 0 Å². The number of carbonyl (C=O) groups excluding carboxylic acids is 1. The highest BCUT2D eigenvalue weighted by Gasteiger charge is 2.25. The van der Waals surface area contributed by atoms with E-state index in [1.54, 1.807) is 26.0 Å². The van der Waals surface area contributed by atoms with E-state index in [0.717, 1.165) is 12.2 Å². The topological polar surface area (TPSA) is 67.6 Å². The summed E-state index contributed by atoms with van der Waals surface area (Å²) in [6, 6.07) is 3.05. The number of rotatable bonds is 7. The lowest BCUT2D eigenvalue weighted by atomic mass is 10.3. The fraction of sp³-hybridized carbons (Fsp3) is 0.643. The highest BCUT2D eigenvalue weighted by Crippen LogP contribution is 2.14. The first-order valence-electron chi connectivity index (χ1n) is 6.94. The predicted octanol–water partition coefficient (Wildman–Crippen LogP) is 2.13. The maximum atomic E-state index is 12.4. The molecule has 5 nitrogen and oxygen atoms in total. The Kier molecular flexibility index (Phi) is 5.80. The quantitative estimate of drug-likeness (QED) is 0.773. The van der Waals surface area contributed by atoms with Gasteiger partial charge in [-0.2, -0.15) is 0 Å². The Labute approximate surface area is 120 Å². The normalized spacial score (nSPS) is 13.2. The van der Waals surface area contributed by atoms with E-state index in [-0.39, 0.29) is 29.2 Å². The summed E-state index contributed by atoms with van der Waals surface area (Å²) in [7, 11) is -3.11. The minimum atomic E-state index is -3.11. The van der Waals surface area contributed by atoms with Crippen LogP contribution in [0.2, 0.25) is 0 Å². The number of nitrogens with zero attached hydrogens (tertiary/aromatic N) is 1. The third-order valence-electron chi connectivity index (χ3n) is 3.29. The molecule has 0 spiro atoms. The number of amides is 1. The van der Waals surface area contributed by atoms with Crippen molar-refractivity contribution in [3.63, 3.8) is 0 Å². The summed E-state index contributed by atoms with van der Waals surface area (Å²) in [5, 5.41) is 0. The van der Waals surface area contributed by atoms with E-state index in [1.165, 1.54) is 4.90 Å². The molecule has 0 bridgehead atoms. The van der Waals surface area contributed by atoms with Crippen LogP contribution in [0.1, 0.15) is 44.0 Å². The van der Waals surface area contributed by atoms with Crippen molar-refractivity contribution in [3.05, 3.63) is 23.7 Å². The second-order valence-corrected chi connectivity index (χ2v) is 7.16. The Bertz CT molecular complexity index is 547. The minimum Gasteiger partial charge on any atom is -0.456 e. The van der Waals surface area contributed by atoms with Gasteiger partial charge < -0.3 is 9.32 Å². The summed E-state index contributed by atoms with van der Waals surface area (Å²) in [6.07, 6.45) is 0.721. The highest BCUT2D eigenvalue weighted by atomic mass is 32.2. The van der Waals surface area contributed by atoms with Gasteiger partial charge in [0.25, 0.3) is 5.91 Å². The molecule has 0 aliphatic heterocycles. The van der Waals surface area contributed by atoms with E-state index >= 15 is 0 Å². The Balaban J connectivity index is 2.86. The molecule has 114 valence electrons. The third kappa shape index (κ3) is 4.10. The fourth-order valence-electron chi connectivity index (χ4n) is 2.06. The SMILES string of the molecule is CCc1ccc(C(=O)N(CC)C(C)CS(=O)(=O)CC)o1. The Morgan fingerprint density at radius 3 is 2.40 bits per heavy atom. The molecule has 0 aliphatic carbocycles. The van der Waals surface area contributed by atoms with Crippen LogP contribution in [-0.4, -0.2) is 43.3 Å². The molecule has 0 aromatic carbocycles. The molecule has 1 atom stereocenters. The molecule has 0 N–H and O–H groups in total. The first kappa shape index (κ1) is 16.8. The van der Waals surface area contributed by atoms with Gasteiger partial charge >= 0.3 is 0 Å². The van der Waals surface area contributed by atoms with Gasteiger partial charge in [-0.3, -0.25) is 4.79 Å². The van der Waals surface area contributed by atoms with Crippen molar-refractivity contribution >= 4 is 15.7 Å². The van der Waals surface area contributed by atoms with Gasteiger partial charge in [0.1, 0.15) is 5.76 Å². The van der Waals surface area contributed by atoms with E-state index < -0.39 is 9.84 Å². The van der Waals surface area contributed by atoms with Gasteiger partial charge in [0.05, 0.1) is 5.75 Å². The van der Waals surface area contributed by atoms with Crippen LogP contribution in [0.4, 0.5) is 0 Å². The van der Waals surface area contributed by atoms with Crippen LogP contribution >= 0.6 is 0 Å². The van der Waals surface area contributed by atoms with Gasteiger partial charge in [-0.25, -0.2) is 8.42 Å². The molecule has 0 saturated heterocycles. The zero-order valence-corrected chi connectivity index (χ0v) is 13.4. The molecule has 1 aromatic heterocycles. The number of hydrogen-bond donors (Lipinski definition) is 0. The van der Waals surface area contributed by atoms with Crippen LogP contribution in [-0.2, 0) is 16.3 Å². The van der Waals surface area contributed by atoms with Crippen molar-refractivity contribution < 1.29 is 17.6 Å². The molecule has 1 aromatic rings. The number of aryl methyl sites for hydroxylation is 1. The highest BCUT2D eigenvalue weighted by molar-refractivity contribution is 7.91. The van der Waals surface area contributed by atoms with Gasteiger partial charge in [-0.15, -0.1) is 0 Å². The van der Waals surface area contributed by atoms with Crippen molar-refractivity contribution in [3.8, 4) is 0 Å². The van der Waals surface area contributed by atoms with Crippen LogP contribution in [0.3, 0.4) is 0 Å². The molecular formula is C14H23NO4S. The number of carbonyl (C=O) groups is 1. The van der Waals surface area contributed by atoms with Crippen molar-refractivity contribution in [1.82, 2.24) is 4.90 Å². The largest absolute Gasteiger partial charge is 0.456 e. The predicted molar refractivity (Wildman–Crippen MR) is 78.6 cm³/mol. The number of furan rings is 1. The van der Waals surface area contributed by atoms with Crippen molar-refractivity contribution in [2.45, 2.75) is 40.2 Å². The second kappa shape index (κ2) is 6.92. The lowest BCUT2D eigenvalue weighted by Gasteiger charge is -2.26. The monoisotopic (exact) mass is 301 g/mol. The molecular weight excluding hydrogens is 278 g/mol. The Morgan fingerprint density at radius 1 is 1.30 bits per heavy atom. The lowest BCUT2D eigenvalue weighted by Crippen LogP contribution is -2.42. The molecule has 0 fully saturated rings. The molecule has 1 rings (SSSR count). The standard InChI is InChI=1S/C14H23NO4S/c1-5-12-8-9-13(19-12)14(16)15(6-2)11(4)10-20(17,18)7-3/h8-9,11H,5-7,10H2,1-4H3. The zero-order chi connectivity index (χ0) is 15.3. The summed E-state index contributed by atoms with van der Waals surface area (Å²) in [5.41, 5.74) is 0.